The van der Waals surface area contributed by atoms with E-state index in [1.807, 2.05) is 0 Å². The van der Waals surface area contributed by atoms with Crippen molar-refractivity contribution in [3.8, 4) is 0 Å². The van der Waals surface area contributed by atoms with E-state index in [-0.39, 0.29) is 17.5 Å². The number of carboxylic acids is 1. The smallest absolute Gasteiger partial charge is 0.338 e. The van der Waals surface area contributed by atoms with Crippen LogP contribution in [0.5, 0.6) is 0 Å². The Kier molecular flexibility index (Phi) is 4.16. The summed E-state index contributed by atoms with van der Waals surface area (Å²) in [6.45, 7) is 2.67. The molecule has 1 aromatic rings. The molecule has 1 heterocycles. The molecule has 1 fully saturated rings. The number of hydrogen-bond donors (Lipinski definition) is 3. The van der Waals surface area contributed by atoms with Crippen molar-refractivity contribution in [2.45, 2.75) is 32.2 Å². The van der Waals surface area contributed by atoms with Crippen LogP contribution in [0.2, 0.25) is 0 Å². The Morgan fingerprint density at radius 3 is 2.89 bits per heavy atom. The minimum Gasteiger partial charge on any atom is -0.478 e. The van der Waals surface area contributed by atoms with Crippen LogP contribution in [0.3, 0.4) is 0 Å². The standard InChI is InChI=1S/C14H18N2O3/c1-9-4-2-6-11(13(9)14(18)19)16-12(17)8-10-5-3-7-15-10/h2,4,6,10,15H,3,5,7-8H2,1H3,(H,16,17)(H,18,19). The Hall–Kier alpha value is -1.88. The first kappa shape index (κ1) is 13.5. The molecule has 3 N–H and O–H groups in total. The Labute approximate surface area is 112 Å². The second-order valence-electron chi connectivity index (χ2n) is 4.85. The number of nitrogens with one attached hydrogen (secondary N) is 2. The number of rotatable bonds is 4. The van der Waals surface area contributed by atoms with Crippen molar-refractivity contribution in [1.29, 1.82) is 0 Å². The van der Waals surface area contributed by atoms with Gasteiger partial charge in [-0.25, -0.2) is 4.79 Å². The van der Waals surface area contributed by atoms with Gasteiger partial charge in [0.15, 0.2) is 0 Å². The molecule has 0 spiro atoms. The second-order valence-corrected chi connectivity index (χ2v) is 4.85. The first-order chi connectivity index (χ1) is 9.08. The molecule has 1 aliphatic rings. The van der Waals surface area contributed by atoms with Gasteiger partial charge >= 0.3 is 5.97 Å². The number of aryl methyl sites for hydroxylation is 1. The van der Waals surface area contributed by atoms with Gasteiger partial charge in [0.2, 0.25) is 5.91 Å². The molecular weight excluding hydrogens is 244 g/mol. The molecule has 2 rings (SSSR count). The summed E-state index contributed by atoms with van der Waals surface area (Å²) in [4.78, 5) is 23.1. The molecule has 1 amide bonds. The molecule has 1 saturated heterocycles. The SMILES string of the molecule is Cc1cccc(NC(=O)CC2CCCN2)c1C(=O)O. The predicted molar refractivity (Wildman–Crippen MR) is 72.4 cm³/mol. The number of anilines is 1. The average molecular weight is 262 g/mol. The average Bonchev–Trinajstić information content (AvgIpc) is 2.81. The van der Waals surface area contributed by atoms with Gasteiger partial charge in [-0.3, -0.25) is 4.79 Å². The van der Waals surface area contributed by atoms with E-state index >= 15 is 0 Å². The first-order valence-corrected chi connectivity index (χ1v) is 6.44. The van der Waals surface area contributed by atoms with Crippen molar-refractivity contribution in [2.24, 2.45) is 0 Å². The lowest BCUT2D eigenvalue weighted by molar-refractivity contribution is -0.116. The monoisotopic (exact) mass is 262 g/mol. The van der Waals surface area contributed by atoms with Crippen LogP contribution in [0, 0.1) is 6.92 Å². The first-order valence-electron chi connectivity index (χ1n) is 6.44. The summed E-state index contributed by atoms with van der Waals surface area (Å²) in [6.07, 6.45) is 2.46. The molecule has 1 aromatic carbocycles. The van der Waals surface area contributed by atoms with E-state index in [1.54, 1.807) is 25.1 Å². The Bertz CT molecular complexity index is 493. The highest BCUT2D eigenvalue weighted by Gasteiger charge is 2.19. The molecule has 0 radical (unpaired) electrons. The second kappa shape index (κ2) is 5.84. The highest BCUT2D eigenvalue weighted by Crippen LogP contribution is 2.20. The van der Waals surface area contributed by atoms with Crippen molar-refractivity contribution in [3.05, 3.63) is 29.3 Å². The third kappa shape index (κ3) is 3.32. The maximum atomic E-state index is 11.9. The van der Waals surface area contributed by atoms with Gasteiger partial charge in [0.25, 0.3) is 0 Å². The maximum Gasteiger partial charge on any atom is 0.338 e. The molecule has 0 aliphatic carbocycles. The molecule has 1 unspecified atom stereocenters. The van der Waals surface area contributed by atoms with Gasteiger partial charge in [-0.2, -0.15) is 0 Å². The van der Waals surface area contributed by atoms with Crippen molar-refractivity contribution >= 4 is 17.6 Å². The summed E-state index contributed by atoms with van der Waals surface area (Å²) >= 11 is 0. The van der Waals surface area contributed by atoms with Crippen LogP contribution in [-0.4, -0.2) is 29.6 Å². The number of hydrogen-bond acceptors (Lipinski definition) is 3. The zero-order valence-corrected chi connectivity index (χ0v) is 10.9. The van der Waals surface area contributed by atoms with Crippen LogP contribution in [0.4, 0.5) is 5.69 Å². The zero-order chi connectivity index (χ0) is 13.8. The van der Waals surface area contributed by atoms with E-state index in [9.17, 15) is 14.7 Å². The highest BCUT2D eigenvalue weighted by molar-refractivity contribution is 6.01. The fourth-order valence-corrected chi connectivity index (χ4v) is 2.41. The van der Waals surface area contributed by atoms with Crippen LogP contribution < -0.4 is 10.6 Å². The van der Waals surface area contributed by atoms with Gasteiger partial charge in [0.05, 0.1) is 11.3 Å². The van der Waals surface area contributed by atoms with Gasteiger partial charge in [-0.15, -0.1) is 0 Å². The Balaban J connectivity index is 2.07. The predicted octanol–water partition coefficient (Wildman–Crippen LogP) is 1.77. The number of benzene rings is 1. The van der Waals surface area contributed by atoms with Gasteiger partial charge < -0.3 is 15.7 Å². The van der Waals surface area contributed by atoms with Crippen LogP contribution in [-0.2, 0) is 4.79 Å². The van der Waals surface area contributed by atoms with E-state index in [0.717, 1.165) is 19.4 Å². The molecule has 0 aromatic heterocycles. The molecule has 19 heavy (non-hydrogen) atoms. The lowest BCUT2D eigenvalue weighted by atomic mass is 10.1. The van der Waals surface area contributed by atoms with Crippen molar-refractivity contribution in [3.63, 3.8) is 0 Å². The topological polar surface area (TPSA) is 78.4 Å². The van der Waals surface area contributed by atoms with Crippen LogP contribution in [0.15, 0.2) is 18.2 Å². The maximum absolute atomic E-state index is 11.9. The minimum absolute atomic E-state index is 0.146. The lowest BCUT2D eigenvalue weighted by Gasteiger charge is -2.13. The zero-order valence-electron chi connectivity index (χ0n) is 10.9. The largest absolute Gasteiger partial charge is 0.478 e. The molecule has 1 atom stereocenters. The third-order valence-electron chi connectivity index (χ3n) is 3.35. The van der Waals surface area contributed by atoms with Gasteiger partial charge in [-0.1, -0.05) is 12.1 Å². The molecule has 102 valence electrons. The molecule has 1 aliphatic heterocycles. The van der Waals surface area contributed by atoms with Crippen LogP contribution >= 0.6 is 0 Å². The number of aromatic carboxylic acids is 1. The summed E-state index contributed by atoms with van der Waals surface area (Å²) in [6, 6.07) is 5.29. The Morgan fingerprint density at radius 1 is 1.47 bits per heavy atom. The summed E-state index contributed by atoms with van der Waals surface area (Å²) in [5, 5.41) is 15.1. The molecule has 0 saturated carbocycles. The Morgan fingerprint density at radius 2 is 2.26 bits per heavy atom. The van der Waals surface area contributed by atoms with E-state index in [4.69, 9.17) is 0 Å². The fourth-order valence-electron chi connectivity index (χ4n) is 2.41. The summed E-state index contributed by atoms with van der Waals surface area (Å²) in [5.41, 5.74) is 1.18. The summed E-state index contributed by atoms with van der Waals surface area (Å²) in [5.74, 6) is -1.17. The lowest BCUT2D eigenvalue weighted by Crippen LogP contribution is -2.28. The van der Waals surface area contributed by atoms with Crippen LogP contribution in [0.1, 0.15) is 35.2 Å². The van der Waals surface area contributed by atoms with E-state index in [2.05, 4.69) is 10.6 Å². The number of carboxylic acid groups (broad SMARTS) is 1. The van der Waals surface area contributed by atoms with Gasteiger partial charge in [0.1, 0.15) is 0 Å². The summed E-state index contributed by atoms with van der Waals surface area (Å²) in [7, 11) is 0. The highest BCUT2D eigenvalue weighted by atomic mass is 16.4. The number of carbonyl (C=O) groups excluding carboxylic acids is 1. The summed E-state index contributed by atoms with van der Waals surface area (Å²) < 4.78 is 0. The van der Waals surface area contributed by atoms with Crippen molar-refractivity contribution < 1.29 is 14.7 Å². The molecule has 5 heteroatoms. The van der Waals surface area contributed by atoms with E-state index in [1.165, 1.54) is 0 Å². The third-order valence-corrected chi connectivity index (χ3v) is 3.35. The molecular formula is C14H18N2O3. The normalized spacial score (nSPS) is 18.3. The van der Waals surface area contributed by atoms with Gasteiger partial charge in [-0.05, 0) is 37.9 Å². The number of carbonyl (C=O) groups is 2. The van der Waals surface area contributed by atoms with E-state index in [0.29, 0.717) is 17.7 Å². The quantitative estimate of drug-likeness (QED) is 0.772. The minimum atomic E-state index is -1.02. The number of amides is 1. The fraction of sp³-hybridized carbons (Fsp3) is 0.429. The molecule has 0 bridgehead atoms. The van der Waals surface area contributed by atoms with Crippen LogP contribution in [0.25, 0.3) is 0 Å². The van der Waals surface area contributed by atoms with Gasteiger partial charge in [0, 0.05) is 12.5 Å². The van der Waals surface area contributed by atoms with E-state index < -0.39 is 5.97 Å². The van der Waals surface area contributed by atoms with Crippen molar-refractivity contribution in [2.75, 3.05) is 11.9 Å². The van der Waals surface area contributed by atoms with Crippen molar-refractivity contribution in [1.82, 2.24) is 5.32 Å². The molecule has 5 nitrogen and oxygen atoms in total.